The Hall–Kier alpha value is -1.78. The van der Waals surface area contributed by atoms with Crippen LogP contribution < -0.4 is 11.1 Å². The molecule has 1 aliphatic carbocycles. The topological polar surface area (TPSA) is 68.2 Å². The number of nitrogens with one attached hydrogen (secondary N) is 1. The zero-order valence-electron chi connectivity index (χ0n) is 12.0. The van der Waals surface area contributed by atoms with Gasteiger partial charge in [0, 0.05) is 18.9 Å². The molecule has 5 nitrogen and oxygen atoms in total. The monoisotopic (exact) mass is 273 g/mol. The van der Waals surface area contributed by atoms with Gasteiger partial charge >= 0.3 is 0 Å². The van der Waals surface area contributed by atoms with E-state index in [2.05, 4.69) is 22.2 Å². The number of nitrogen functional groups attached to an aromatic ring is 1. The van der Waals surface area contributed by atoms with Gasteiger partial charge in [0.1, 0.15) is 5.82 Å². The Bertz CT molecular complexity index is 569. The van der Waals surface area contributed by atoms with Gasteiger partial charge in [-0.2, -0.15) is 0 Å². The number of aromatic nitrogens is 3. The van der Waals surface area contributed by atoms with Crippen molar-refractivity contribution in [3.63, 3.8) is 0 Å². The quantitative estimate of drug-likeness (QED) is 0.898. The summed E-state index contributed by atoms with van der Waals surface area (Å²) in [6.45, 7) is 3.27. The van der Waals surface area contributed by atoms with Crippen molar-refractivity contribution in [2.24, 2.45) is 11.8 Å². The second-order valence-corrected chi connectivity index (χ2v) is 5.85. The van der Waals surface area contributed by atoms with Gasteiger partial charge in [-0.25, -0.2) is 9.97 Å². The number of hydrogen-bond acceptors (Lipinski definition) is 4. The maximum Gasteiger partial charge on any atom is 0.180 e. The highest BCUT2D eigenvalue weighted by atomic mass is 15.1. The minimum Gasteiger partial charge on any atom is -0.382 e. The van der Waals surface area contributed by atoms with Crippen LogP contribution in [0.25, 0.3) is 5.65 Å². The number of imidazole rings is 1. The first-order chi connectivity index (χ1) is 9.76. The minimum atomic E-state index is 0.521. The van der Waals surface area contributed by atoms with Crippen molar-refractivity contribution in [1.29, 1.82) is 0 Å². The van der Waals surface area contributed by atoms with Gasteiger partial charge in [-0.05, 0) is 24.7 Å². The lowest BCUT2D eigenvalue weighted by molar-refractivity contribution is 0.278. The molecule has 1 fully saturated rings. The highest BCUT2D eigenvalue weighted by Crippen LogP contribution is 2.30. The van der Waals surface area contributed by atoms with E-state index in [0.717, 1.165) is 29.8 Å². The van der Waals surface area contributed by atoms with Crippen molar-refractivity contribution in [3.05, 3.63) is 18.6 Å². The molecule has 0 radical (unpaired) electrons. The van der Waals surface area contributed by atoms with Crippen LogP contribution in [0.2, 0.25) is 0 Å². The molecule has 2 aromatic heterocycles. The standard InChI is InChI=1S/C15H23N5/c1-2-11-3-5-12(6-4-11)9-18-14-15-17-7-8-20(15)10-13(16)19-14/h7-8,10-12H,2-6,9,16H2,1H3,(H,18,19). The van der Waals surface area contributed by atoms with Crippen LogP contribution in [-0.4, -0.2) is 20.9 Å². The van der Waals surface area contributed by atoms with Crippen LogP contribution in [0.5, 0.6) is 0 Å². The number of nitrogens with zero attached hydrogens (tertiary/aromatic N) is 3. The molecule has 0 amide bonds. The number of fused-ring (bicyclic) bond motifs is 1. The SMILES string of the molecule is CCC1CCC(CNc2nc(N)cn3ccnc23)CC1. The highest BCUT2D eigenvalue weighted by molar-refractivity contribution is 5.64. The molecule has 108 valence electrons. The molecule has 0 spiro atoms. The molecule has 0 aliphatic heterocycles. The summed E-state index contributed by atoms with van der Waals surface area (Å²) >= 11 is 0. The first kappa shape index (κ1) is 13.2. The van der Waals surface area contributed by atoms with Gasteiger partial charge < -0.3 is 15.5 Å². The second-order valence-electron chi connectivity index (χ2n) is 5.85. The fourth-order valence-corrected chi connectivity index (χ4v) is 3.15. The molecule has 0 saturated heterocycles. The number of hydrogen-bond donors (Lipinski definition) is 2. The van der Waals surface area contributed by atoms with Crippen molar-refractivity contribution in [2.75, 3.05) is 17.6 Å². The van der Waals surface area contributed by atoms with Gasteiger partial charge in [-0.1, -0.05) is 26.2 Å². The molecule has 3 N–H and O–H groups in total. The Labute approximate surface area is 119 Å². The predicted molar refractivity (Wildman–Crippen MR) is 81.6 cm³/mol. The summed E-state index contributed by atoms with van der Waals surface area (Å²) in [6.07, 6.45) is 12.2. The smallest absolute Gasteiger partial charge is 0.180 e. The lowest BCUT2D eigenvalue weighted by Crippen LogP contribution is -2.21. The number of rotatable bonds is 4. The predicted octanol–water partition coefficient (Wildman–Crippen LogP) is 2.94. The van der Waals surface area contributed by atoms with Crippen LogP contribution in [0.4, 0.5) is 11.6 Å². The molecule has 3 rings (SSSR count). The van der Waals surface area contributed by atoms with Crippen molar-refractivity contribution >= 4 is 17.3 Å². The first-order valence-corrected chi connectivity index (χ1v) is 7.59. The lowest BCUT2D eigenvalue weighted by atomic mass is 9.81. The van der Waals surface area contributed by atoms with Crippen LogP contribution in [0, 0.1) is 11.8 Å². The van der Waals surface area contributed by atoms with Crippen molar-refractivity contribution in [2.45, 2.75) is 39.0 Å². The van der Waals surface area contributed by atoms with E-state index in [1.165, 1.54) is 32.1 Å². The fourth-order valence-electron chi connectivity index (χ4n) is 3.15. The summed E-state index contributed by atoms with van der Waals surface area (Å²) in [5, 5.41) is 3.44. The molecule has 2 aromatic rings. The van der Waals surface area contributed by atoms with E-state index in [9.17, 15) is 0 Å². The van der Waals surface area contributed by atoms with Crippen LogP contribution in [0.15, 0.2) is 18.6 Å². The van der Waals surface area contributed by atoms with Gasteiger partial charge in [0.05, 0.1) is 6.20 Å². The van der Waals surface area contributed by atoms with E-state index in [0.29, 0.717) is 5.82 Å². The maximum atomic E-state index is 5.83. The van der Waals surface area contributed by atoms with Gasteiger partial charge in [-0.3, -0.25) is 0 Å². The molecule has 0 unspecified atom stereocenters. The van der Waals surface area contributed by atoms with E-state index in [4.69, 9.17) is 5.73 Å². The number of nitrogens with two attached hydrogens (primary N) is 1. The number of anilines is 2. The third-order valence-corrected chi connectivity index (χ3v) is 4.49. The Morgan fingerprint density at radius 1 is 1.30 bits per heavy atom. The summed E-state index contributed by atoms with van der Waals surface area (Å²) in [4.78, 5) is 8.70. The minimum absolute atomic E-state index is 0.521. The largest absolute Gasteiger partial charge is 0.382 e. The zero-order chi connectivity index (χ0) is 13.9. The van der Waals surface area contributed by atoms with Gasteiger partial charge in [0.15, 0.2) is 11.5 Å². The van der Waals surface area contributed by atoms with Crippen molar-refractivity contribution in [3.8, 4) is 0 Å². The zero-order valence-corrected chi connectivity index (χ0v) is 12.0. The molecule has 5 heteroatoms. The maximum absolute atomic E-state index is 5.83. The summed E-state index contributed by atoms with van der Waals surface area (Å²) in [6, 6.07) is 0. The summed E-state index contributed by atoms with van der Waals surface area (Å²) < 4.78 is 1.92. The normalized spacial score (nSPS) is 23.1. The fraction of sp³-hybridized carbons (Fsp3) is 0.600. The van der Waals surface area contributed by atoms with Gasteiger partial charge in [0.25, 0.3) is 0 Å². The molecule has 0 aromatic carbocycles. The first-order valence-electron chi connectivity index (χ1n) is 7.59. The van der Waals surface area contributed by atoms with Crippen LogP contribution in [0.3, 0.4) is 0 Å². The van der Waals surface area contributed by atoms with E-state index < -0.39 is 0 Å². The molecule has 1 aliphatic rings. The highest BCUT2D eigenvalue weighted by Gasteiger charge is 2.20. The van der Waals surface area contributed by atoms with E-state index in [-0.39, 0.29) is 0 Å². The van der Waals surface area contributed by atoms with Crippen LogP contribution >= 0.6 is 0 Å². The van der Waals surface area contributed by atoms with E-state index >= 15 is 0 Å². The molecular weight excluding hydrogens is 250 g/mol. The Morgan fingerprint density at radius 2 is 2.05 bits per heavy atom. The molecule has 0 atom stereocenters. The summed E-state index contributed by atoms with van der Waals surface area (Å²) in [7, 11) is 0. The van der Waals surface area contributed by atoms with E-state index in [1.54, 1.807) is 12.4 Å². The average Bonchev–Trinajstić information content (AvgIpc) is 2.93. The van der Waals surface area contributed by atoms with Crippen LogP contribution in [-0.2, 0) is 0 Å². The molecule has 20 heavy (non-hydrogen) atoms. The summed E-state index contributed by atoms with van der Waals surface area (Å²) in [5.74, 6) is 3.01. The van der Waals surface area contributed by atoms with Crippen molar-refractivity contribution in [1.82, 2.24) is 14.4 Å². The molecule has 2 heterocycles. The van der Waals surface area contributed by atoms with Crippen molar-refractivity contribution < 1.29 is 0 Å². The summed E-state index contributed by atoms with van der Waals surface area (Å²) in [5.41, 5.74) is 6.68. The third kappa shape index (κ3) is 2.71. The Morgan fingerprint density at radius 3 is 2.80 bits per heavy atom. The third-order valence-electron chi connectivity index (χ3n) is 4.49. The Balaban J connectivity index is 1.64. The lowest BCUT2D eigenvalue weighted by Gasteiger charge is -2.28. The molecular formula is C15H23N5. The van der Waals surface area contributed by atoms with Crippen LogP contribution in [0.1, 0.15) is 39.0 Å². The Kier molecular flexibility index (Phi) is 3.76. The molecule has 1 saturated carbocycles. The molecule has 0 bridgehead atoms. The average molecular weight is 273 g/mol. The van der Waals surface area contributed by atoms with Gasteiger partial charge in [0.2, 0.25) is 0 Å². The second kappa shape index (κ2) is 5.69. The van der Waals surface area contributed by atoms with Gasteiger partial charge in [-0.15, -0.1) is 0 Å². The van der Waals surface area contributed by atoms with E-state index in [1.807, 2.05) is 10.6 Å².